The summed E-state index contributed by atoms with van der Waals surface area (Å²) in [6, 6.07) is 6.30. The Kier molecular flexibility index (Phi) is 5.19. The van der Waals surface area contributed by atoms with Crippen LogP contribution < -0.4 is 9.46 Å². The van der Waals surface area contributed by atoms with Crippen LogP contribution in [-0.2, 0) is 10.0 Å². The van der Waals surface area contributed by atoms with E-state index >= 15 is 0 Å². The van der Waals surface area contributed by atoms with Crippen molar-refractivity contribution in [3.05, 3.63) is 53.6 Å². The predicted octanol–water partition coefficient (Wildman–Crippen LogP) is 1.19. The second-order valence-corrected chi connectivity index (χ2v) is 7.35. The van der Waals surface area contributed by atoms with Gasteiger partial charge in [0.1, 0.15) is 5.69 Å². The Morgan fingerprint density at radius 2 is 2.00 bits per heavy atom. The Bertz CT molecular complexity index is 974. The zero-order chi connectivity index (χ0) is 19.6. The molecule has 0 radical (unpaired) electrons. The van der Waals surface area contributed by atoms with Crippen molar-refractivity contribution in [3.8, 4) is 5.75 Å². The zero-order valence-electron chi connectivity index (χ0n) is 14.3. The number of hydrogen-bond acceptors (Lipinski definition) is 6. The first kappa shape index (κ1) is 18.9. The number of benzene rings is 1. The van der Waals surface area contributed by atoms with E-state index in [1.807, 2.05) is 0 Å². The fraction of sp³-hybridized carbons (Fsp3) is 0.235. The fourth-order valence-corrected chi connectivity index (χ4v) is 3.65. The highest BCUT2D eigenvalue weighted by Gasteiger charge is 2.36. The molecule has 0 saturated carbocycles. The summed E-state index contributed by atoms with van der Waals surface area (Å²) in [4.78, 5) is 28.9. The Morgan fingerprint density at radius 1 is 1.22 bits per heavy atom. The summed E-state index contributed by atoms with van der Waals surface area (Å²) in [5.74, 6) is -1.96. The molecule has 0 bridgehead atoms. The van der Waals surface area contributed by atoms with Gasteiger partial charge in [-0.2, -0.15) is 0 Å². The van der Waals surface area contributed by atoms with Gasteiger partial charge in [-0.15, -0.1) is 0 Å². The average Bonchev–Trinajstić information content (AvgIpc) is 2.88. The lowest BCUT2D eigenvalue weighted by Gasteiger charge is -2.14. The summed E-state index contributed by atoms with van der Waals surface area (Å²) in [5.41, 5.74) is 0.220. The predicted molar refractivity (Wildman–Crippen MR) is 92.4 cm³/mol. The van der Waals surface area contributed by atoms with Gasteiger partial charge in [0.2, 0.25) is 10.0 Å². The SMILES string of the molecule is CCOc1ccc(S(=O)(=O)NCCN2C(=O)c3cccnc3C2=O)cc1F. The van der Waals surface area contributed by atoms with Crippen LogP contribution in [0, 0.1) is 5.82 Å². The Labute approximate surface area is 155 Å². The average molecular weight is 393 g/mol. The molecule has 3 rings (SSSR count). The van der Waals surface area contributed by atoms with Crippen molar-refractivity contribution < 1.29 is 27.1 Å². The molecular formula is C17H16FN3O5S. The highest BCUT2D eigenvalue weighted by atomic mass is 32.2. The highest BCUT2D eigenvalue weighted by molar-refractivity contribution is 7.89. The monoisotopic (exact) mass is 393 g/mol. The van der Waals surface area contributed by atoms with E-state index in [1.54, 1.807) is 6.92 Å². The summed E-state index contributed by atoms with van der Waals surface area (Å²) in [6.07, 6.45) is 1.40. The van der Waals surface area contributed by atoms with Crippen molar-refractivity contribution in [1.82, 2.24) is 14.6 Å². The third-order valence-corrected chi connectivity index (χ3v) is 5.33. The summed E-state index contributed by atoms with van der Waals surface area (Å²) in [6.45, 7) is 1.53. The van der Waals surface area contributed by atoms with E-state index in [4.69, 9.17) is 4.74 Å². The number of ether oxygens (including phenoxy) is 1. The number of imide groups is 1. The van der Waals surface area contributed by atoms with Crippen molar-refractivity contribution in [2.75, 3.05) is 19.7 Å². The number of fused-ring (bicyclic) bond motifs is 1. The van der Waals surface area contributed by atoms with Crippen LogP contribution in [0.25, 0.3) is 0 Å². The summed E-state index contributed by atoms with van der Waals surface area (Å²) in [7, 11) is -4.02. The molecule has 0 unspecified atom stereocenters. The molecule has 2 amide bonds. The minimum atomic E-state index is -4.02. The second-order valence-electron chi connectivity index (χ2n) is 5.58. The van der Waals surface area contributed by atoms with Crippen LogP contribution >= 0.6 is 0 Å². The molecule has 8 nitrogen and oxygen atoms in total. The zero-order valence-corrected chi connectivity index (χ0v) is 15.1. The first-order chi connectivity index (χ1) is 12.8. The third kappa shape index (κ3) is 3.67. The summed E-state index contributed by atoms with van der Waals surface area (Å²) < 4.78 is 45.7. The van der Waals surface area contributed by atoms with Crippen LogP contribution in [0.5, 0.6) is 5.75 Å². The van der Waals surface area contributed by atoms with Gasteiger partial charge in [-0.05, 0) is 37.3 Å². The van der Waals surface area contributed by atoms with Gasteiger partial charge < -0.3 is 4.74 Å². The smallest absolute Gasteiger partial charge is 0.280 e. The highest BCUT2D eigenvalue weighted by Crippen LogP contribution is 2.22. The van der Waals surface area contributed by atoms with Crippen molar-refractivity contribution in [2.24, 2.45) is 0 Å². The van der Waals surface area contributed by atoms with E-state index in [1.165, 1.54) is 30.5 Å². The maximum Gasteiger partial charge on any atom is 0.280 e. The van der Waals surface area contributed by atoms with Gasteiger partial charge in [0.05, 0.1) is 17.1 Å². The summed E-state index contributed by atoms with van der Waals surface area (Å²) in [5, 5.41) is 0. The minimum absolute atomic E-state index is 0.0407. The van der Waals surface area contributed by atoms with E-state index in [0.29, 0.717) is 0 Å². The maximum atomic E-state index is 13.9. The number of pyridine rings is 1. The molecule has 0 spiro atoms. The van der Waals surface area contributed by atoms with Crippen molar-refractivity contribution in [3.63, 3.8) is 0 Å². The molecule has 1 N–H and O–H groups in total. The lowest BCUT2D eigenvalue weighted by molar-refractivity contribution is 0.0655. The van der Waals surface area contributed by atoms with E-state index < -0.39 is 27.7 Å². The molecule has 27 heavy (non-hydrogen) atoms. The van der Waals surface area contributed by atoms with Crippen molar-refractivity contribution in [2.45, 2.75) is 11.8 Å². The molecule has 0 saturated heterocycles. The number of aromatic nitrogens is 1. The number of halogens is 1. The van der Waals surface area contributed by atoms with Crippen LogP contribution in [-0.4, -0.2) is 49.8 Å². The topological polar surface area (TPSA) is 106 Å². The first-order valence-corrected chi connectivity index (χ1v) is 9.56. The molecule has 0 fully saturated rings. The van der Waals surface area contributed by atoms with Crippen LogP contribution in [0.2, 0.25) is 0 Å². The lowest BCUT2D eigenvalue weighted by Crippen LogP contribution is -2.38. The van der Waals surface area contributed by atoms with E-state index in [2.05, 4.69) is 9.71 Å². The second kappa shape index (κ2) is 7.41. The largest absolute Gasteiger partial charge is 0.491 e. The molecule has 1 aromatic heterocycles. The number of amides is 2. The van der Waals surface area contributed by atoms with Gasteiger partial charge in [-0.1, -0.05) is 0 Å². The van der Waals surface area contributed by atoms with Crippen LogP contribution in [0.1, 0.15) is 27.8 Å². The van der Waals surface area contributed by atoms with Crippen LogP contribution in [0.15, 0.2) is 41.4 Å². The number of nitrogens with one attached hydrogen (secondary N) is 1. The van der Waals surface area contributed by atoms with Crippen molar-refractivity contribution in [1.29, 1.82) is 0 Å². The third-order valence-electron chi connectivity index (χ3n) is 3.87. The minimum Gasteiger partial charge on any atom is -0.491 e. The van der Waals surface area contributed by atoms with Gasteiger partial charge in [0.15, 0.2) is 11.6 Å². The number of sulfonamides is 1. The quantitative estimate of drug-likeness (QED) is 0.709. The Morgan fingerprint density at radius 3 is 2.67 bits per heavy atom. The van der Waals surface area contributed by atoms with Crippen molar-refractivity contribution >= 4 is 21.8 Å². The molecule has 2 heterocycles. The molecule has 10 heteroatoms. The molecule has 2 aromatic rings. The van der Waals surface area contributed by atoms with E-state index in [0.717, 1.165) is 11.0 Å². The van der Waals surface area contributed by atoms with Gasteiger partial charge >= 0.3 is 0 Å². The van der Waals surface area contributed by atoms with Gasteiger partial charge in [-0.25, -0.2) is 17.5 Å². The molecule has 1 aromatic carbocycles. The summed E-state index contributed by atoms with van der Waals surface area (Å²) >= 11 is 0. The number of rotatable bonds is 7. The van der Waals surface area contributed by atoms with E-state index in [-0.39, 0.29) is 41.6 Å². The van der Waals surface area contributed by atoms with Gasteiger partial charge in [0.25, 0.3) is 11.8 Å². The molecule has 1 aliphatic heterocycles. The van der Waals surface area contributed by atoms with Crippen LogP contribution in [0.4, 0.5) is 4.39 Å². The number of carbonyl (C=O) groups excluding carboxylic acids is 2. The molecule has 1 aliphatic rings. The van der Waals surface area contributed by atoms with E-state index in [9.17, 15) is 22.4 Å². The molecule has 142 valence electrons. The van der Waals surface area contributed by atoms with Gasteiger partial charge in [0, 0.05) is 19.3 Å². The standard InChI is InChI=1S/C17H16FN3O5S/c1-2-26-14-6-5-11(10-13(14)18)27(24,25)20-8-9-21-16(22)12-4-3-7-19-15(12)17(21)23/h3-7,10,20H,2,8-9H2,1H3. The fourth-order valence-electron chi connectivity index (χ4n) is 2.61. The number of carbonyl (C=O) groups is 2. The van der Waals surface area contributed by atoms with Gasteiger partial charge in [-0.3, -0.25) is 19.5 Å². The first-order valence-electron chi connectivity index (χ1n) is 8.08. The Balaban J connectivity index is 1.66. The molecular weight excluding hydrogens is 377 g/mol. The maximum absolute atomic E-state index is 13.9. The Hall–Kier alpha value is -2.85. The normalized spacial score (nSPS) is 13.8. The lowest BCUT2D eigenvalue weighted by atomic mass is 10.2. The van der Waals surface area contributed by atoms with Crippen LogP contribution in [0.3, 0.4) is 0 Å². The number of nitrogens with zero attached hydrogens (tertiary/aromatic N) is 2. The molecule has 0 aliphatic carbocycles. The molecule has 0 atom stereocenters. The number of hydrogen-bond donors (Lipinski definition) is 1.